The molecule has 0 radical (unpaired) electrons. The van der Waals surface area contributed by atoms with Crippen molar-refractivity contribution in [1.29, 1.82) is 0 Å². The Kier molecular flexibility index (Phi) is 2.62. The van der Waals surface area contributed by atoms with E-state index in [-0.39, 0.29) is 0 Å². The quantitative estimate of drug-likeness (QED) is 0.565. The molecule has 0 aromatic heterocycles. The molecule has 4 rings (SSSR count). The van der Waals surface area contributed by atoms with Crippen LogP contribution < -0.4 is 0 Å². The van der Waals surface area contributed by atoms with Gasteiger partial charge < -0.3 is 0 Å². The number of rotatable bonds is 0. The van der Waals surface area contributed by atoms with Gasteiger partial charge >= 0.3 is 0 Å². The molecule has 0 saturated heterocycles. The second-order valence-corrected chi connectivity index (χ2v) is 8.66. The zero-order valence-corrected chi connectivity index (χ0v) is 12.4. The van der Waals surface area contributed by atoms with Crippen molar-refractivity contribution >= 4 is 0 Å². The molecule has 0 spiro atoms. The largest absolute Gasteiger partial charge is 0.0625 e. The van der Waals surface area contributed by atoms with E-state index in [2.05, 4.69) is 20.8 Å². The van der Waals surface area contributed by atoms with Crippen LogP contribution in [0.1, 0.15) is 59.3 Å². The van der Waals surface area contributed by atoms with E-state index in [0.717, 1.165) is 53.3 Å². The van der Waals surface area contributed by atoms with Crippen molar-refractivity contribution in [2.75, 3.05) is 0 Å². The first kappa shape index (κ1) is 11.8. The average molecular weight is 246 g/mol. The summed E-state index contributed by atoms with van der Waals surface area (Å²) in [6.07, 6.45) is 9.46. The molecular formula is C18H30. The predicted octanol–water partition coefficient (Wildman–Crippen LogP) is 4.99. The van der Waals surface area contributed by atoms with E-state index in [4.69, 9.17) is 0 Å². The second kappa shape index (κ2) is 4.00. The zero-order valence-electron chi connectivity index (χ0n) is 12.4. The molecule has 0 aliphatic heterocycles. The first-order valence-electron chi connectivity index (χ1n) is 8.63. The monoisotopic (exact) mass is 246 g/mol. The van der Waals surface area contributed by atoms with Gasteiger partial charge in [-0.1, -0.05) is 20.8 Å². The molecule has 0 nitrogen and oxygen atoms in total. The molecule has 102 valence electrons. The maximum absolute atomic E-state index is 2.60. The Morgan fingerprint density at radius 1 is 0.500 bits per heavy atom. The molecule has 4 fully saturated rings. The smallest absolute Gasteiger partial charge is 0.0349 e. The minimum atomic E-state index is 1.000. The van der Waals surface area contributed by atoms with Gasteiger partial charge in [0, 0.05) is 0 Å². The first-order valence-corrected chi connectivity index (χ1v) is 8.63. The van der Waals surface area contributed by atoms with Gasteiger partial charge in [0.1, 0.15) is 0 Å². The highest BCUT2D eigenvalue weighted by atomic mass is 14.6. The molecule has 9 unspecified atom stereocenters. The van der Waals surface area contributed by atoms with Gasteiger partial charge in [-0.3, -0.25) is 0 Å². The lowest BCUT2D eigenvalue weighted by Gasteiger charge is -2.34. The number of hydrogen-bond donors (Lipinski definition) is 0. The van der Waals surface area contributed by atoms with Crippen molar-refractivity contribution in [3.63, 3.8) is 0 Å². The van der Waals surface area contributed by atoms with E-state index in [9.17, 15) is 0 Å². The highest BCUT2D eigenvalue weighted by Gasteiger charge is 2.57. The van der Waals surface area contributed by atoms with E-state index in [1.54, 1.807) is 32.1 Å². The minimum Gasteiger partial charge on any atom is -0.0625 e. The summed E-state index contributed by atoms with van der Waals surface area (Å²) in [5.41, 5.74) is 0. The maximum Gasteiger partial charge on any atom is -0.0349 e. The van der Waals surface area contributed by atoms with Crippen LogP contribution >= 0.6 is 0 Å². The molecule has 4 saturated carbocycles. The highest BCUT2D eigenvalue weighted by Crippen LogP contribution is 2.65. The summed E-state index contributed by atoms with van der Waals surface area (Å²) in [5, 5.41) is 0. The molecule has 0 amide bonds. The van der Waals surface area contributed by atoms with Crippen LogP contribution in [0.5, 0.6) is 0 Å². The summed E-state index contributed by atoms with van der Waals surface area (Å²) < 4.78 is 0. The van der Waals surface area contributed by atoms with Crippen LogP contribution in [0.3, 0.4) is 0 Å². The molecule has 9 atom stereocenters. The van der Waals surface area contributed by atoms with Gasteiger partial charge in [0.05, 0.1) is 0 Å². The fourth-order valence-electron chi connectivity index (χ4n) is 6.67. The Morgan fingerprint density at radius 3 is 1.94 bits per heavy atom. The van der Waals surface area contributed by atoms with Crippen LogP contribution in [0.4, 0.5) is 0 Å². The lowest BCUT2D eigenvalue weighted by molar-refractivity contribution is 0.142. The van der Waals surface area contributed by atoms with Gasteiger partial charge in [-0.05, 0) is 91.8 Å². The maximum atomic E-state index is 2.60. The Bertz CT molecular complexity index is 333. The van der Waals surface area contributed by atoms with Crippen LogP contribution in [-0.2, 0) is 0 Å². The van der Waals surface area contributed by atoms with Crippen LogP contribution in [0.2, 0.25) is 0 Å². The Balaban J connectivity index is 1.58. The third kappa shape index (κ3) is 1.70. The van der Waals surface area contributed by atoms with Crippen LogP contribution in [0.15, 0.2) is 0 Å². The predicted molar refractivity (Wildman–Crippen MR) is 76.1 cm³/mol. The Hall–Kier alpha value is 0. The fraction of sp³-hybridized carbons (Fsp3) is 1.00. The van der Waals surface area contributed by atoms with Crippen molar-refractivity contribution in [3.8, 4) is 0 Å². The molecule has 18 heavy (non-hydrogen) atoms. The number of fused-ring (bicyclic) bond motifs is 4. The third-order valence-electron chi connectivity index (χ3n) is 7.37. The molecule has 4 aliphatic rings. The molecule has 0 N–H and O–H groups in total. The van der Waals surface area contributed by atoms with Crippen molar-refractivity contribution in [1.82, 2.24) is 0 Å². The molecule has 0 aromatic rings. The topological polar surface area (TPSA) is 0 Å². The highest BCUT2D eigenvalue weighted by molar-refractivity contribution is 5.06. The van der Waals surface area contributed by atoms with Crippen LogP contribution in [-0.4, -0.2) is 0 Å². The summed E-state index contributed by atoms with van der Waals surface area (Å²) >= 11 is 0. The van der Waals surface area contributed by atoms with Gasteiger partial charge in [-0.25, -0.2) is 0 Å². The van der Waals surface area contributed by atoms with Crippen molar-refractivity contribution < 1.29 is 0 Å². The van der Waals surface area contributed by atoms with E-state index < -0.39 is 0 Å². The summed E-state index contributed by atoms with van der Waals surface area (Å²) in [6, 6.07) is 0. The third-order valence-corrected chi connectivity index (χ3v) is 7.37. The SMILES string of the molecule is CC1CC(C)CC2C(C1)CC1C(C)C3CC3CC21. The van der Waals surface area contributed by atoms with Gasteiger partial charge in [0.15, 0.2) is 0 Å². The number of hydrogen-bond acceptors (Lipinski definition) is 0. The van der Waals surface area contributed by atoms with Gasteiger partial charge in [-0.15, -0.1) is 0 Å². The van der Waals surface area contributed by atoms with Gasteiger partial charge in [-0.2, -0.15) is 0 Å². The average Bonchev–Trinajstić information content (AvgIpc) is 3.02. The first-order chi connectivity index (χ1) is 8.63. The molecule has 0 heterocycles. The summed E-state index contributed by atoms with van der Waals surface area (Å²) in [4.78, 5) is 0. The minimum absolute atomic E-state index is 1.000. The summed E-state index contributed by atoms with van der Waals surface area (Å²) in [7, 11) is 0. The van der Waals surface area contributed by atoms with Crippen molar-refractivity contribution in [2.24, 2.45) is 53.3 Å². The fourth-order valence-corrected chi connectivity index (χ4v) is 6.67. The van der Waals surface area contributed by atoms with E-state index in [1.165, 1.54) is 6.42 Å². The Labute approximate surface area is 113 Å². The Morgan fingerprint density at radius 2 is 1.11 bits per heavy atom. The van der Waals surface area contributed by atoms with Crippen molar-refractivity contribution in [2.45, 2.75) is 59.3 Å². The van der Waals surface area contributed by atoms with E-state index in [1.807, 2.05) is 0 Å². The molecule has 0 bridgehead atoms. The normalized spacial score (nSPS) is 62.5. The second-order valence-electron chi connectivity index (χ2n) is 8.66. The summed E-state index contributed by atoms with van der Waals surface area (Å²) in [6.45, 7) is 7.64. The van der Waals surface area contributed by atoms with Crippen LogP contribution in [0.25, 0.3) is 0 Å². The van der Waals surface area contributed by atoms with E-state index in [0.29, 0.717) is 0 Å². The summed E-state index contributed by atoms with van der Waals surface area (Å²) in [5.74, 6) is 9.90. The van der Waals surface area contributed by atoms with Crippen LogP contribution in [0, 0.1) is 53.3 Å². The lowest BCUT2D eigenvalue weighted by Crippen LogP contribution is -2.28. The van der Waals surface area contributed by atoms with Gasteiger partial charge in [0.25, 0.3) is 0 Å². The molecule has 4 aliphatic carbocycles. The zero-order chi connectivity index (χ0) is 12.4. The molecular weight excluding hydrogens is 216 g/mol. The van der Waals surface area contributed by atoms with Crippen molar-refractivity contribution in [3.05, 3.63) is 0 Å². The van der Waals surface area contributed by atoms with E-state index >= 15 is 0 Å². The molecule has 0 heteroatoms. The standard InChI is InChI=1S/C18H30/c1-10-4-11(2)6-17-13(5-10)8-16-12(3)15-7-14(15)9-18(16)17/h10-18H,4-9H2,1-3H3. The molecule has 0 aromatic carbocycles. The van der Waals surface area contributed by atoms with Gasteiger partial charge in [0.2, 0.25) is 0 Å². The lowest BCUT2D eigenvalue weighted by atomic mass is 9.71.